The second kappa shape index (κ2) is 5.04. The number of methoxy groups -OCH3 is 1. The maximum absolute atomic E-state index is 13.4. The highest BCUT2D eigenvalue weighted by atomic mass is 19.2. The Labute approximate surface area is 86.5 Å². The average molecular weight is 217 g/mol. The van der Waals surface area contributed by atoms with Gasteiger partial charge in [0.2, 0.25) is 0 Å². The zero-order valence-electron chi connectivity index (χ0n) is 8.34. The molecule has 1 rings (SSSR count). The summed E-state index contributed by atoms with van der Waals surface area (Å²) in [6.07, 6.45) is -1.00. The molecule has 0 aliphatic rings. The Morgan fingerprint density at radius 3 is 2.67 bits per heavy atom. The van der Waals surface area contributed by atoms with E-state index < -0.39 is 17.7 Å². The summed E-state index contributed by atoms with van der Waals surface area (Å²) in [6, 6.07) is 2.22. The number of nitrogens with two attached hydrogens (primary N) is 1. The number of hydrogen-bond acceptors (Lipinski definition) is 3. The van der Waals surface area contributed by atoms with Crippen molar-refractivity contribution < 1.29 is 18.6 Å². The van der Waals surface area contributed by atoms with Gasteiger partial charge in [-0.15, -0.1) is 0 Å². The Hall–Kier alpha value is -1.20. The fraction of sp³-hybridized carbons (Fsp3) is 0.400. The van der Waals surface area contributed by atoms with Gasteiger partial charge in [0.05, 0.1) is 18.8 Å². The molecule has 0 aliphatic heterocycles. The van der Waals surface area contributed by atoms with Crippen molar-refractivity contribution in [1.29, 1.82) is 0 Å². The van der Waals surface area contributed by atoms with Crippen LogP contribution >= 0.6 is 0 Å². The van der Waals surface area contributed by atoms with Crippen molar-refractivity contribution in [2.45, 2.75) is 12.5 Å². The third-order valence-corrected chi connectivity index (χ3v) is 2.09. The zero-order chi connectivity index (χ0) is 11.4. The first-order valence-electron chi connectivity index (χ1n) is 4.51. The van der Waals surface area contributed by atoms with E-state index in [0.717, 1.165) is 6.07 Å². The molecule has 0 aliphatic carbocycles. The van der Waals surface area contributed by atoms with Gasteiger partial charge in [0, 0.05) is 0 Å². The molecule has 0 saturated carbocycles. The molecule has 1 unspecified atom stereocenters. The Bertz CT molecular complexity index is 344. The Balaban J connectivity index is 3.17. The van der Waals surface area contributed by atoms with E-state index in [2.05, 4.69) is 0 Å². The molecule has 1 aromatic carbocycles. The van der Waals surface area contributed by atoms with E-state index in [0.29, 0.717) is 0 Å². The number of hydrogen-bond donors (Lipinski definition) is 2. The monoisotopic (exact) mass is 217 g/mol. The number of benzene rings is 1. The second-order valence-electron chi connectivity index (χ2n) is 3.07. The normalized spacial score (nSPS) is 12.6. The van der Waals surface area contributed by atoms with Gasteiger partial charge in [-0.05, 0) is 25.1 Å². The van der Waals surface area contributed by atoms with Crippen molar-refractivity contribution >= 4 is 0 Å². The van der Waals surface area contributed by atoms with Crippen molar-refractivity contribution in [3.05, 3.63) is 29.3 Å². The molecule has 5 heteroatoms. The van der Waals surface area contributed by atoms with Crippen LogP contribution in [0.4, 0.5) is 8.78 Å². The molecule has 1 atom stereocenters. The molecule has 0 bridgehead atoms. The Kier molecular flexibility index (Phi) is 3.99. The maximum atomic E-state index is 13.4. The lowest BCUT2D eigenvalue weighted by atomic mass is 10.0. The largest absolute Gasteiger partial charge is 0.496 e. The summed E-state index contributed by atoms with van der Waals surface area (Å²) < 4.78 is 31.1. The van der Waals surface area contributed by atoms with Crippen LogP contribution in [0.5, 0.6) is 5.75 Å². The van der Waals surface area contributed by atoms with Gasteiger partial charge in [-0.25, -0.2) is 8.78 Å². The van der Waals surface area contributed by atoms with Crippen molar-refractivity contribution in [3.8, 4) is 5.75 Å². The van der Waals surface area contributed by atoms with E-state index in [-0.39, 0.29) is 24.3 Å². The lowest BCUT2D eigenvalue weighted by molar-refractivity contribution is 0.160. The van der Waals surface area contributed by atoms with Crippen LogP contribution in [0.1, 0.15) is 18.1 Å². The molecule has 0 saturated heterocycles. The highest BCUT2D eigenvalue weighted by Gasteiger charge is 2.20. The van der Waals surface area contributed by atoms with Gasteiger partial charge in [0.15, 0.2) is 11.6 Å². The first kappa shape index (κ1) is 11.9. The minimum Gasteiger partial charge on any atom is -0.496 e. The highest BCUT2D eigenvalue weighted by molar-refractivity contribution is 5.37. The van der Waals surface area contributed by atoms with Crippen molar-refractivity contribution in [2.24, 2.45) is 5.73 Å². The molecule has 1 aromatic rings. The molecular weight excluding hydrogens is 204 g/mol. The lowest BCUT2D eigenvalue weighted by Crippen LogP contribution is -2.10. The number of ether oxygens (including phenoxy) is 1. The maximum Gasteiger partial charge on any atom is 0.168 e. The number of halogens is 2. The van der Waals surface area contributed by atoms with Crippen LogP contribution in [0.3, 0.4) is 0 Å². The summed E-state index contributed by atoms with van der Waals surface area (Å²) in [7, 11) is 1.32. The van der Waals surface area contributed by atoms with Crippen LogP contribution in [-0.4, -0.2) is 18.8 Å². The molecule has 15 heavy (non-hydrogen) atoms. The van der Waals surface area contributed by atoms with E-state index in [1.165, 1.54) is 13.2 Å². The molecule has 0 aromatic heterocycles. The minimum atomic E-state index is -1.15. The summed E-state index contributed by atoms with van der Waals surface area (Å²) in [5.41, 5.74) is 5.05. The molecular formula is C10H13F2NO2. The van der Waals surface area contributed by atoms with Gasteiger partial charge in [0.1, 0.15) is 5.75 Å². The molecule has 3 N–H and O–H groups in total. The van der Waals surface area contributed by atoms with Gasteiger partial charge in [-0.3, -0.25) is 0 Å². The van der Waals surface area contributed by atoms with Crippen molar-refractivity contribution in [2.75, 3.05) is 13.7 Å². The predicted octanol–water partition coefficient (Wildman–Crippen LogP) is 1.36. The fourth-order valence-corrected chi connectivity index (χ4v) is 1.34. The van der Waals surface area contributed by atoms with Gasteiger partial charge >= 0.3 is 0 Å². The van der Waals surface area contributed by atoms with Crippen LogP contribution in [0.25, 0.3) is 0 Å². The van der Waals surface area contributed by atoms with Crippen LogP contribution in [-0.2, 0) is 0 Å². The Morgan fingerprint density at radius 1 is 1.47 bits per heavy atom. The summed E-state index contributed by atoms with van der Waals surface area (Å²) in [5.74, 6) is -1.98. The third-order valence-electron chi connectivity index (χ3n) is 2.09. The van der Waals surface area contributed by atoms with E-state index >= 15 is 0 Å². The first-order chi connectivity index (χ1) is 7.11. The number of aliphatic hydroxyl groups is 1. The quantitative estimate of drug-likeness (QED) is 0.800. The number of rotatable bonds is 4. The second-order valence-corrected chi connectivity index (χ2v) is 3.07. The summed E-state index contributed by atoms with van der Waals surface area (Å²) >= 11 is 0. The number of aliphatic hydroxyl groups excluding tert-OH is 1. The highest BCUT2D eigenvalue weighted by Crippen LogP contribution is 2.30. The lowest BCUT2D eigenvalue weighted by Gasteiger charge is -2.15. The van der Waals surface area contributed by atoms with Gasteiger partial charge in [0.25, 0.3) is 0 Å². The van der Waals surface area contributed by atoms with E-state index in [9.17, 15) is 13.9 Å². The SMILES string of the molecule is COc1ccc(F)c(F)c1C(O)CCN. The van der Waals surface area contributed by atoms with Crippen LogP contribution < -0.4 is 10.5 Å². The smallest absolute Gasteiger partial charge is 0.168 e. The summed E-state index contributed by atoms with van der Waals surface area (Å²) in [4.78, 5) is 0. The molecule has 0 fully saturated rings. The molecule has 0 heterocycles. The summed E-state index contributed by atoms with van der Waals surface area (Å²) in [6.45, 7) is 0.181. The molecule has 0 radical (unpaired) electrons. The van der Waals surface area contributed by atoms with E-state index in [1.54, 1.807) is 0 Å². The average Bonchev–Trinajstić information content (AvgIpc) is 2.22. The first-order valence-corrected chi connectivity index (χ1v) is 4.51. The van der Waals surface area contributed by atoms with Gasteiger partial charge < -0.3 is 15.6 Å². The Morgan fingerprint density at radius 2 is 2.13 bits per heavy atom. The zero-order valence-corrected chi connectivity index (χ0v) is 8.34. The van der Waals surface area contributed by atoms with Crippen molar-refractivity contribution in [1.82, 2.24) is 0 Å². The molecule has 0 amide bonds. The molecule has 84 valence electrons. The minimum absolute atomic E-state index is 0.120. The standard InChI is InChI=1S/C10H13F2NO2/c1-15-8-3-2-6(11)10(12)9(8)7(14)4-5-13/h2-3,7,14H,4-5,13H2,1H3. The molecule has 0 spiro atoms. The molecule has 3 nitrogen and oxygen atoms in total. The van der Waals surface area contributed by atoms with Crippen LogP contribution in [0.15, 0.2) is 12.1 Å². The fourth-order valence-electron chi connectivity index (χ4n) is 1.34. The van der Waals surface area contributed by atoms with Crippen LogP contribution in [0, 0.1) is 11.6 Å². The third kappa shape index (κ3) is 2.43. The van der Waals surface area contributed by atoms with Crippen LogP contribution in [0.2, 0.25) is 0 Å². The van der Waals surface area contributed by atoms with E-state index in [4.69, 9.17) is 10.5 Å². The van der Waals surface area contributed by atoms with Crippen molar-refractivity contribution in [3.63, 3.8) is 0 Å². The van der Waals surface area contributed by atoms with E-state index in [1.807, 2.05) is 0 Å². The van der Waals surface area contributed by atoms with Gasteiger partial charge in [-0.1, -0.05) is 0 Å². The summed E-state index contributed by atoms with van der Waals surface area (Å²) in [5, 5.41) is 9.57. The topological polar surface area (TPSA) is 55.5 Å². The van der Waals surface area contributed by atoms with Gasteiger partial charge in [-0.2, -0.15) is 0 Å². The predicted molar refractivity (Wildman–Crippen MR) is 51.5 cm³/mol.